The van der Waals surface area contributed by atoms with Gasteiger partial charge in [0.1, 0.15) is 18.2 Å². The Hall–Kier alpha value is -3.62. The summed E-state index contributed by atoms with van der Waals surface area (Å²) in [6, 6.07) is 18.0. The molecule has 0 N–H and O–H groups in total. The molecule has 1 fully saturated rings. The molecule has 0 saturated carbocycles. The Morgan fingerprint density at radius 2 is 1.92 bits per heavy atom. The van der Waals surface area contributed by atoms with Gasteiger partial charge in [0.25, 0.3) is 5.91 Å². The van der Waals surface area contributed by atoms with Gasteiger partial charge in [0, 0.05) is 7.05 Å². The molecule has 0 spiro atoms. The molecule has 1 aliphatic heterocycles. The van der Waals surface area contributed by atoms with E-state index in [1.165, 1.54) is 28.8 Å². The number of ether oxygens (including phenoxy) is 2. The van der Waals surface area contributed by atoms with Gasteiger partial charge >= 0.3 is 5.97 Å². The molecule has 184 valence electrons. The molecule has 1 saturated heterocycles. The summed E-state index contributed by atoms with van der Waals surface area (Å²) in [5, 5.41) is 0.886. The average Bonchev–Trinajstić information content (AvgIpc) is 3.12. The van der Waals surface area contributed by atoms with Crippen molar-refractivity contribution in [2.45, 2.75) is 13.5 Å². The number of carbonyl (C=O) groups is 2. The number of aliphatic imine (C=N–C) groups is 1. The maximum Gasteiger partial charge on any atom is 0.338 e. The van der Waals surface area contributed by atoms with Crippen LogP contribution in [0.4, 0.5) is 10.1 Å². The van der Waals surface area contributed by atoms with Crippen LogP contribution in [0.25, 0.3) is 6.08 Å². The zero-order valence-electron chi connectivity index (χ0n) is 19.5. The van der Waals surface area contributed by atoms with E-state index < -0.39 is 5.97 Å². The quantitative estimate of drug-likeness (QED) is 0.262. The van der Waals surface area contributed by atoms with Crippen LogP contribution in [0.2, 0.25) is 5.02 Å². The fourth-order valence-electron chi connectivity index (χ4n) is 3.31. The molecule has 1 heterocycles. The van der Waals surface area contributed by atoms with Crippen LogP contribution in [0.5, 0.6) is 5.75 Å². The van der Waals surface area contributed by atoms with Crippen molar-refractivity contribution in [3.8, 4) is 5.75 Å². The second-order valence-electron chi connectivity index (χ2n) is 7.74. The highest BCUT2D eigenvalue weighted by molar-refractivity contribution is 8.18. The van der Waals surface area contributed by atoms with Gasteiger partial charge in [-0.2, -0.15) is 0 Å². The molecule has 0 atom stereocenters. The number of carbonyl (C=O) groups excluding carboxylic acids is 2. The number of benzene rings is 3. The van der Waals surface area contributed by atoms with Gasteiger partial charge in [0.05, 0.1) is 27.8 Å². The van der Waals surface area contributed by atoms with E-state index in [-0.39, 0.29) is 18.3 Å². The number of amides is 1. The minimum atomic E-state index is -0.395. The van der Waals surface area contributed by atoms with Crippen molar-refractivity contribution in [1.29, 1.82) is 0 Å². The lowest BCUT2D eigenvalue weighted by Gasteiger charge is -2.09. The van der Waals surface area contributed by atoms with Gasteiger partial charge in [0.15, 0.2) is 5.17 Å². The summed E-state index contributed by atoms with van der Waals surface area (Å²) in [5.74, 6) is -0.457. The number of halogens is 2. The Morgan fingerprint density at radius 1 is 1.14 bits per heavy atom. The van der Waals surface area contributed by atoms with E-state index in [1.54, 1.807) is 74.6 Å². The number of likely N-dealkylation sites (N-methyl/N-ethyl adjacent to an activating group) is 1. The van der Waals surface area contributed by atoms with Crippen molar-refractivity contribution in [3.05, 3.63) is 99.2 Å². The van der Waals surface area contributed by atoms with E-state index in [1.807, 2.05) is 0 Å². The molecule has 0 radical (unpaired) electrons. The standard InChI is InChI=1S/C27H22ClFN2O4S/c1-3-34-26(33)19-8-10-21(11-9-19)30-27-31(2)25(32)24(36-27)15-17-7-12-23(22(28)14-17)35-16-18-5-4-6-20(29)13-18/h4-15H,3,16H2,1-2H3. The van der Waals surface area contributed by atoms with Gasteiger partial charge in [0.2, 0.25) is 0 Å². The summed E-state index contributed by atoms with van der Waals surface area (Å²) < 4.78 is 24.1. The second kappa shape index (κ2) is 11.4. The highest BCUT2D eigenvalue weighted by Crippen LogP contribution is 2.34. The largest absolute Gasteiger partial charge is 0.487 e. The van der Waals surface area contributed by atoms with Crippen molar-refractivity contribution < 1.29 is 23.5 Å². The SMILES string of the molecule is CCOC(=O)c1ccc(N=C2SC(=Cc3ccc(OCc4cccc(F)c4)c(Cl)c3)C(=O)N2C)cc1. The van der Waals surface area contributed by atoms with Gasteiger partial charge in [-0.3, -0.25) is 9.69 Å². The lowest BCUT2D eigenvalue weighted by Crippen LogP contribution is -2.23. The van der Waals surface area contributed by atoms with Crippen LogP contribution in [0.1, 0.15) is 28.4 Å². The molecule has 4 rings (SSSR count). The number of thioether (sulfide) groups is 1. The normalized spacial score (nSPS) is 15.6. The lowest BCUT2D eigenvalue weighted by molar-refractivity contribution is -0.121. The number of amidine groups is 1. The first-order valence-electron chi connectivity index (χ1n) is 11.0. The summed E-state index contributed by atoms with van der Waals surface area (Å²) in [6.45, 7) is 2.23. The number of nitrogens with zero attached hydrogens (tertiary/aromatic N) is 2. The maximum atomic E-state index is 13.4. The van der Waals surface area contributed by atoms with E-state index in [9.17, 15) is 14.0 Å². The van der Waals surface area contributed by atoms with E-state index >= 15 is 0 Å². The third-order valence-corrected chi connectivity index (χ3v) is 6.50. The second-order valence-corrected chi connectivity index (χ2v) is 9.16. The summed E-state index contributed by atoms with van der Waals surface area (Å²) >= 11 is 7.62. The van der Waals surface area contributed by atoms with Crippen molar-refractivity contribution in [2.24, 2.45) is 4.99 Å². The Bertz CT molecular complexity index is 1360. The molecule has 3 aromatic carbocycles. The summed E-state index contributed by atoms with van der Waals surface area (Å²) in [5.41, 5.74) is 2.46. The highest BCUT2D eigenvalue weighted by atomic mass is 35.5. The zero-order chi connectivity index (χ0) is 25.7. The van der Waals surface area contributed by atoms with Gasteiger partial charge in [-0.15, -0.1) is 0 Å². The van der Waals surface area contributed by atoms with Gasteiger partial charge in [-0.05, 0) is 84.4 Å². The topological polar surface area (TPSA) is 68.2 Å². The van der Waals surface area contributed by atoms with Crippen LogP contribution in [0, 0.1) is 5.82 Å². The van der Waals surface area contributed by atoms with Crippen molar-refractivity contribution in [2.75, 3.05) is 13.7 Å². The van der Waals surface area contributed by atoms with Crippen LogP contribution in [-0.4, -0.2) is 35.6 Å². The van der Waals surface area contributed by atoms with Crippen LogP contribution in [-0.2, 0) is 16.1 Å². The summed E-state index contributed by atoms with van der Waals surface area (Å²) in [6.07, 6.45) is 1.73. The van der Waals surface area contributed by atoms with Gasteiger partial charge in [-0.25, -0.2) is 14.2 Å². The lowest BCUT2D eigenvalue weighted by atomic mass is 10.2. The number of esters is 1. The molecule has 0 aromatic heterocycles. The molecule has 3 aromatic rings. The number of hydrogen-bond acceptors (Lipinski definition) is 6. The highest BCUT2D eigenvalue weighted by Gasteiger charge is 2.30. The zero-order valence-corrected chi connectivity index (χ0v) is 21.1. The predicted molar refractivity (Wildman–Crippen MR) is 140 cm³/mol. The van der Waals surface area contributed by atoms with Crippen LogP contribution < -0.4 is 4.74 Å². The predicted octanol–water partition coefficient (Wildman–Crippen LogP) is 6.47. The fraction of sp³-hybridized carbons (Fsp3) is 0.148. The molecule has 0 aliphatic carbocycles. The van der Waals surface area contributed by atoms with E-state index in [0.29, 0.717) is 44.3 Å². The molecule has 1 aliphatic rings. The van der Waals surface area contributed by atoms with Crippen LogP contribution in [0.15, 0.2) is 76.6 Å². The van der Waals surface area contributed by atoms with Crippen LogP contribution in [0.3, 0.4) is 0 Å². The van der Waals surface area contributed by atoms with Gasteiger partial charge < -0.3 is 9.47 Å². The third kappa shape index (κ3) is 6.13. The minimum Gasteiger partial charge on any atom is -0.487 e. The van der Waals surface area contributed by atoms with Crippen LogP contribution >= 0.6 is 23.4 Å². The van der Waals surface area contributed by atoms with Crippen molar-refractivity contribution in [3.63, 3.8) is 0 Å². The number of rotatable bonds is 7. The molecule has 6 nitrogen and oxygen atoms in total. The monoisotopic (exact) mass is 524 g/mol. The first kappa shape index (κ1) is 25.5. The molecule has 0 bridgehead atoms. The first-order chi connectivity index (χ1) is 17.3. The molecule has 1 amide bonds. The Morgan fingerprint density at radius 3 is 2.61 bits per heavy atom. The van der Waals surface area contributed by atoms with E-state index in [2.05, 4.69) is 4.99 Å². The smallest absolute Gasteiger partial charge is 0.338 e. The minimum absolute atomic E-state index is 0.178. The Labute approximate surface area is 217 Å². The Kier molecular flexibility index (Phi) is 8.07. The third-order valence-electron chi connectivity index (χ3n) is 5.14. The van der Waals surface area contributed by atoms with E-state index in [4.69, 9.17) is 21.1 Å². The molecule has 9 heteroatoms. The van der Waals surface area contributed by atoms with Crippen molar-refractivity contribution in [1.82, 2.24) is 4.90 Å². The van der Waals surface area contributed by atoms with E-state index in [0.717, 1.165) is 5.56 Å². The molecule has 0 unspecified atom stereocenters. The first-order valence-corrected chi connectivity index (χ1v) is 12.2. The summed E-state index contributed by atoms with van der Waals surface area (Å²) in [4.78, 5) is 31.1. The van der Waals surface area contributed by atoms with Gasteiger partial charge in [-0.1, -0.05) is 29.8 Å². The maximum absolute atomic E-state index is 13.4. The average molecular weight is 525 g/mol. The summed E-state index contributed by atoms with van der Waals surface area (Å²) in [7, 11) is 1.65. The Balaban J connectivity index is 1.46. The number of hydrogen-bond donors (Lipinski definition) is 0. The fourth-order valence-corrected chi connectivity index (χ4v) is 4.54. The molecular weight excluding hydrogens is 503 g/mol. The van der Waals surface area contributed by atoms with Crippen molar-refractivity contribution >= 4 is 52.2 Å². The molecular formula is C27H22ClFN2O4S. The molecule has 36 heavy (non-hydrogen) atoms.